The van der Waals surface area contributed by atoms with Crippen LogP contribution < -0.4 is 10.4 Å². The number of nitrogens with zero attached hydrogens (tertiary/aromatic N) is 2. The molecule has 1 amide bonds. The van der Waals surface area contributed by atoms with Crippen LogP contribution in [0.1, 0.15) is 44.7 Å². The molecular formula is C25H30N2O2. The third kappa shape index (κ3) is 4.94. The number of aldehydes is 1. The van der Waals surface area contributed by atoms with Gasteiger partial charge in [-0.1, -0.05) is 36.4 Å². The van der Waals surface area contributed by atoms with Gasteiger partial charge in [0.2, 0.25) is 0 Å². The number of amides is 1. The summed E-state index contributed by atoms with van der Waals surface area (Å²) < 4.78 is 0. The highest BCUT2D eigenvalue weighted by atomic mass is 16.2. The fourth-order valence-electron chi connectivity index (χ4n) is 3.99. The van der Waals surface area contributed by atoms with Crippen LogP contribution in [0.5, 0.6) is 0 Å². The van der Waals surface area contributed by atoms with Crippen LogP contribution in [0.2, 0.25) is 0 Å². The lowest BCUT2D eigenvalue weighted by Gasteiger charge is -2.33. The number of hydrogen-bond donors (Lipinski definition) is 0. The molecule has 29 heavy (non-hydrogen) atoms. The first-order valence-electron chi connectivity index (χ1n) is 10.2. The molecule has 152 valence electrons. The largest absolute Gasteiger partial charge is 0.380 e. The summed E-state index contributed by atoms with van der Waals surface area (Å²) >= 11 is 0. The van der Waals surface area contributed by atoms with Gasteiger partial charge in [-0.15, -0.1) is 0 Å². The van der Waals surface area contributed by atoms with Crippen LogP contribution in [0.15, 0.2) is 36.4 Å². The van der Waals surface area contributed by atoms with Gasteiger partial charge in [-0.05, 0) is 55.5 Å². The predicted molar refractivity (Wildman–Crippen MR) is 118 cm³/mol. The van der Waals surface area contributed by atoms with Crippen molar-refractivity contribution in [3.63, 3.8) is 0 Å². The Morgan fingerprint density at radius 3 is 2.41 bits per heavy atom. The fourth-order valence-corrected chi connectivity index (χ4v) is 3.99. The second-order valence-electron chi connectivity index (χ2n) is 8.14. The Bertz CT molecular complexity index is 987. The van der Waals surface area contributed by atoms with Crippen molar-refractivity contribution in [2.45, 2.75) is 26.7 Å². The maximum Gasteiger partial charge on any atom is 0.253 e. The summed E-state index contributed by atoms with van der Waals surface area (Å²) in [5, 5.41) is 1.95. The Kier molecular flexibility index (Phi) is 6.53. The molecule has 0 saturated carbocycles. The molecule has 2 aromatic rings. The Labute approximate surface area is 173 Å². The van der Waals surface area contributed by atoms with E-state index in [0.717, 1.165) is 60.3 Å². The van der Waals surface area contributed by atoms with Crippen molar-refractivity contribution in [1.29, 1.82) is 0 Å². The van der Waals surface area contributed by atoms with Crippen molar-refractivity contribution >= 4 is 25.0 Å². The highest BCUT2D eigenvalue weighted by Gasteiger charge is 2.24. The Morgan fingerprint density at radius 2 is 1.79 bits per heavy atom. The van der Waals surface area contributed by atoms with Crippen LogP contribution in [0, 0.1) is 19.8 Å². The van der Waals surface area contributed by atoms with E-state index in [1.165, 1.54) is 5.56 Å². The molecule has 0 aliphatic carbocycles. The summed E-state index contributed by atoms with van der Waals surface area (Å²) in [6, 6.07) is 11.5. The minimum absolute atomic E-state index is 0.131. The molecule has 0 atom stereocenters. The van der Waals surface area contributed by atoms with E-state index < -0.39 is 0 Å². The summed E-state index contributed by atoms with van der Waals surface area (Å²) in [6.45, 7) is 10.6. The van der Waals surface area contributed by atoms with Crippen LogP contribution in [-0.2, 0) is 0 Å². The SMILES string of the molecule is C=c1ccc(C=O)c(C)/c1=C/N(C)CC1CCN(C(=O)c2ccc(C)cc2)CC1. The molecule has 2 aromatic carbocycles. The third-order valence-electron chi connectivity index (χ3n) is 5.87. The highest BCUT2D eigenvalue weighted by molar-refractivity contribution is 5.94. The van der Waals surface area contributed by atoms with Gasteiger partial charge in [-0.3, -0.25) is 9.59 Å². The Morgan fingerprint density at radius 1 is 1.14 bits per heavy atom. The molecule has 1 fully saturated rings. The molecule has 1 aliphatic rings. The molecule has 0 aromatic heterocycles. The number of carbonyl (C=O) groups is 2. The van der Waals surface area contributed by atoms with Crippen molar-refractivity contribution < 1.29 is 9.59 Å². The van der Waals surface area contributed by atoms with Gasteiger partial charge in [0.15, 0.2) is 0 Å². The van der Waals surface area contributed by atoms with E-state index in [2.05, 4.69) is 24.7 Å². The first kappa shape index (κ1) is 20.8. The van der Waals surface area contributed by atoms with Crippen LogP contribution in [0.25, 0.3) is 12.8 Å². The predicted octanol–water partition coefficient (Wildman–Crippen LogP) is 2.75. The van der Waals surface area contributed by atoms with Gasteiger partial charge in [0.1, 0.15) is 6.29 Å². The van der Waals surface area contributed by atoms with Gasteiger partial charge < -0.3 is 9.80 Å². The zero-order chi connectivity index (χ0) is 21.0. The van der Waals surface area contributed by atoms with Crippen molar-refractivity contribution in [2.24, 2.45) is 5.92 Å². The molecule has 1 aliphatic heterocycles. The standard InChI is InChI=1S/C25H30N2O2/c1-18-5-8-22(9-6-18)25(29)27-13-11-21(12-14-27)15-26(4)16-24-19(2)7-10-23(17-28)20(24)3/h5-10,16-17,21H,2,11-15H2,1,3-4H3/b24-16+. The van der Waals surface area contributed by atoms with Crippen molar-refractivity contribution in [3.8, 4) is 0 Å². The van der Waals surface area contributed by atoms with E-state index in [9.17, 15) is 9.59 Å². The number of aryl methyl sites for hydroxylation is 1. The van der Waals surface area contributed by atoms with Crippen LogP contribution in [0.4, 0.5) is 0 Å². The first-order valence-corrected chi connectivity index (χ1v) is 10.2. The highest BCUT2D eigenvalue weighted by Crippen LogP contribution is 2.20. The zero-order valence-electron chi connectivity index (χ0n) is 17.6. The van der Waals surface area contributed by atoms with Crippen LogP contribution in [0.3, 0.4) is 0 Å². The first-order chi connectivity index (χ1) is 13.9. The van der Waals surface area contributed by atoms with Gasteiger partial charge in [-0.25, -0.2) is 0 Å². The van der Waals surface area contributed by atoms with E-state index in [4.69, 9.17) is 0 Å². The summed E-state index contributed by atoms with van der Waals surface area (Å²) in [4.78, 5) is 28.1. The van der Waals surface area contributed by atoms with E-state index in [0.29, 0.717) is 11.5 Å². The average Bonchev–Trinajstić information content (AvgIpc) is 2.72. The molecule has 4 nitrogen and oxygen atoms in total. The number of hydrogen-bond acceptors (Lipinski definition) is 3. The minimum Gasteiger partial charge on any atom is -0.380 e. The van der Waals surface area contributed by atoms with Gasteiger partial charge in [0, 0.05) is 49.2 Å². The Balaban J connectivity index is 1.61. The van der Waals surface area contributed by atoms with E-state index in [-0.39, 0.29) is 5.91 Å². The second kappa shape index (κ2) is 9.08. The monoisotopic (exact) mass is 390 g/mol. The molecule has 0 spiro atoms. The van der Waals surface area contributed by atoms with E-state index in [1.807, 2.05) is 55.1 Å². The number of piperidine rings is 1. The number of likely N-dealkylation sites (tertiary alicyclic amines) is 1. The van der Waals surface area contributed by atoms with E-state index in [1.54, 1.807) is 0 Å². The molecule has 0 N–H and O–H groups in total. The number of carbonyl (C=O) groups excluding carboxylic acids is 2. The Hall–Kier alpha value is -2.88. The van der Waals surface area contributed by atoms with Crippen molar-refractivity contribution in [1.82, 2.24) is 9.80 Å². The molecule has 1 saturated heterocycles. The molecule has 4 heteroatoms. The van der Waals surface area contributed by atoms with Gasteiger partial charge in [0.05, 0.1) is 0 Å². The van der Waals surface area contributed by atoms with Gasteiger partial charge in [0.25, 0.3) is 5.91 Å². The minimum atomic E-state index is 0.131. The number of benzene rings is 2. The summed E-state index contributed by atoms with van der Waals surface area (Å²) in [5.74, 6) is 0.674. The second-order valence-corrected chi connectivity index (χ2v) is 8.14. The molecular weight excluding hydrogens is 360 g/mol. The quantitative estimate of drug-likeness (QED) is 0.737. The van der Waals surface area contributed by atoms with Gasteiger partial charge >= 0.3 is 0 Å². The molecule has 0 unspecified atom stereocenters. The maximum atomic E-state index is 12.7. The zero-order valence-corrected chi connectivity index (χ0v) is 17.6. The fraction of sp³-hybridized carbons (Fsp3) is 0.360. The third-order valence-corrected chi connectivity index (χ3v) is 5.87. The smallest absolute Gasteiger partial charge is 0.253 e. The van der Waals surface area contributed by atoms with Crippen molar-refractivity contribution in [2.75, 3.05) is 26.7 Å². The molecule has 1 heterocycles. The molecule has 0 radical (unpaired) electrons. The van der Waals surface area contributed by atoms with Gasteiger partial charge in [-0.2, -0.15) is 0 Å². The maximum absolute atomic E-state index is 12.7. The lowest BCUT2D eigenvalue weighted by molar-refractivity contribution is 0.0682. The topological polar surface area (TPSA) is 40.6 Å². The van der Waals surface area contributed by atoms with Crippen LogP contribution in [-0.4, -0.2) is 48.7 Å². The lowest BCUT2D eigenvalue weighted by atomic mass is 9.95. The summed E-state index contributed by atoms with van der Waals surface area (Å²) in [6.07, 6.45) is 4.99. The normalized spacial score (nSPS) is 15.4. The summed E-state index contributed by atoms with van der Waals surface area (Å²) in [5.41, 5.74) is 3.62. The number of rotatable bonds is 5. The summed E-state index contributed by atoms with van der Waals surface area (Å²) in [7, 11) is 2.07. The lowest BCUT2D eigenvalue weighted by Crippen LogP contribution is -2.41. The molecule has 3 rings (SSSR count). The van der Waals surface area contributed by atoms with Crippen LogP contribution >= 0.6 is 0 Å². The van der Waals surface area contributed by atoms with Crippen molar-refractivity contribution in [3.05, 3.63) is 69.1 Å². The molecule has 0 bridgehead atoms. The average molecular weight is 391 g/mol. The van der Waals surface area contributed by atoms with E-state index >= 15 is 0 Å².